The third-order valence-corrected chi connectivity index (χ3v) is 5.01. The van der Waals surface area contributed by atoms with Crippen LogP contribution in [-0.4, -0.2) is 25.8 Å². The van der Waals surface area contributed by atoms with Crippen LogP contribution in [-0.2, 0) is 0 Å². The summed E-state index contributed by atoms with van der Waals surface area (Å²) in [6.07, 6.45) is 1.58. The summed E-state index contributed by atoms with van der Waals surface area (Å²) in [5, 5.41) is 6.00. The molecular formula is C22H22N2O3S. The number of aryl methyl sites for hydroxylation is 1. The molecule has 2 aromatic carbocycles. The molecule has 0 aliphatic carbocycles. The van der Waals surface area contributed by atoms with Crippen molar-refractivity contribution in [3.63, 3.8) is 0 Å². The molecule has 0 unspecified atom stereocenters. The highest BCUT2D eigenvalue weighted by Crippen LogP contribution is 2.29. The molecule has 0 saturated carbocycles. The zero-order chi connectivity index (χ0) is 19.9. The van der Waals surface area contributed by atoms with Gasteiger partial charge in [-0.05, 0) is 54.6 Å². The predicted octanol–water partition coefficient (Wildman–Crippen LogP) is 4.89. The summed E-state index contributed by atoms with van der Waals surface area (Å²) in [5.41, 5.74) is 6.50. The fraction of sp³-hybridized carbons (Fsp3) is 0.182. The number of hydrazone groups is 1. The number of ether oxygens (including phenoxy) is 2. The fourth-order valence-electron chi connectivity index (χ4n) is 2.70. The molecule has 144 valence electrons. The summed E-state index contributed by atoms with van der Waals surface area (Å²) >= 11 is 1.39. The lowest BCUT2D eigenvalue weighted by Gasteiger charge is -2.09. The number of carbonyl (C=O) groups is 1. The van der Waals surface area contributed by atoms with Crippen molar-refractivity contribution in [3.05, 3.63) is 69.9 Å². The van der Waals surface area contributed by atoms with Crippen molar-refractivity contribution >= 4 is 23.5 Å². The van der Waals surface area contributed by atoms with Gasteiger partial charge in [-0.15, -0.1) is 11.3 Å². The second-order valence-corrected chi connectivity index (χ2v) is 6.99. The van der Waals surface area contributed by atoms with Gasteiger partial charge in [-0.3, -0.25) is 4.79 Å². The second-order valence-electron chi connectivity index (χ2n) is 6.07. The molecule has 1 aromatic heterocycles. The number of nitrogens with zero attached hydrogens (tertiary/aromatic N) is 1. The van der Waals surface area contributed by atoms with Crippen molar-refractivity contribution in [2.75, 3.05) is 13.7 Å². The smallest absolute Gasteiger partial charge is 0.282 e. The Labute approximate surface area is 168 Å². The summed E-state index contributed by atoms with van der Waals surface area (Å²) in [5.74, 6) is 1.06. The number of benzene rings is 2. The number of hydrogen-bond acceptors (Lipinski definition) is 5. The number of thiophene rings is 1. The highest BCUT2D eigenvalue weighted by atomic mass is 32.1. The number of nitrogens with one attached hydrogen (secondary N) is 1. The van der Waals surface area contributed by atoms with Crippen LogP contribution in [0.15, 0.2) is 59.0 Å². The average Bonchev–Trinajstić information content (AvgIpc) is 3.19. The van der Waals surface area contributed by atoms with Crippen LogP contribution in [0.5, 0.6) is 11.5 Å². The molecule has 6 heteroatoms. The summed E-state index contributed by atoms with van der Waals surface area (Å²) in [6.45, 7) is 4.48. The van der Waals surface area contributed by atoms with E-state index >= 15 is 0 Å². The number of carbonyl (C=O) groups excluding carboxylic acids is 1. The Morgan fingerprint density at radius 2 is 1.93 bits per heavy atom. The lowest BCUT2D eigenvalue weighted by molar-refractivity contribution is 0.0960. The van der Waals surface area contributed by atoms with Crippen LogP contribution in [0.4, 0.5) is 0 Å². The molecule has 0 radical (unpaired) electrons. The van der Waals surface area contributed by atoms with Crippen LogP contribution < -0.4 is 14.9 Å². The number of amides is 1. The van der Waals surface area contributed by atoms with Crippen LogP contribution in [0.1, 0.15) is 27.7 Å². The summed E-state index contributed by atoms with van der Waals surface area (Å²) in [7, 11) is 1.60. The van der Waals surface area contributed by atoms with Crippen molar-refractivity contribution in [3.8, 4) is 22.6 Å². The molecule has 0 aliphatic rings. The third kappa shape index (κ3) is 4.58. The van der Waals surface area contributed by atoms with Gasteiger partial charge in [0, 0.05) is 5.56 Å². The Morgan fingerprint density at radius 3 is 2.64 bits per heavy atom. The van der Waals surface area contributed by atoms with E-state index in [1.54, 1.807) is 13.3 Å². The van der Waals surface area contributed by atoms with Crippen LogP contribution in [0.2, 0.25) is 0 Å². The Bertz CT molecular complexity index is 978. The normalized spacial score (nSPS) is 10.8. The summed E-state index contributed by atoms with van der Waals surface area (Å²) < 4.78 is 10.8. The quantitative estimate of drug-likeness (QED) is 0.458. The van der Waals surface area contributed by atoms with E-state index < -0.39 is 0 Å². The van der Waals surface area contributed by atoms with Crippen LogP contribution in [0.3, 0.4) is 0 Å². The zero-order valence-corrected chi connectivity index (χ0v) is 16.9. The number of hydrogen-bond donors (Lipinski definition) is 1. The van der Waals surface area contributed by atoms with Crippen molar-refractivity contribution < 1.29 is 14.3 Å². The van der Waals surface area contributed by atoms with E-state index in [2.05, 4.69) is 10.5 Å². The van der Waals surface area contributed by atoms with Gasteiger partial charge >= 0.3 is 0 Å². The Morgan fingerprint density at radius 1 is 1.14 bits per heavy atom. The Hall–Kier alpha value is -3.12. The lowest BCUT2D eigenvalue weighted by atomic mass is 10.1. The van der Waals surface area contributed by atoms with Gasteiger partial charge in [-0.1, -0.05) is 29.8 Å². The van der Waals surface area contributed by atoms with Crippen LogP contribution in [0.25, 0.3) is 11.1 Å². The molecule has 3 aromatic rings. The van der Waals surface area contributed by atoms with Crippen LogP contribution >= 0.6 is 11.3 Å². The minimum Gasteiger partial charge on any atom is -0.493 e. The minimum absolute atomic E-state index is 0.236. The molecule has 1 N–H and O–H groups in total. The standard InChI is InChI=1S/C22H22N2O3S/c1-4-27-20-13-16(7-10-19(20)26-3)14-23-24-22(25)21-18(11-12-28-21)17-8-5-15(2)6-9-17/h5-14H,4H2,1-3H3,(H,24,25)/b23-14-. The van der Waals surface area contributed by atoms with Gasteiger partial charge in [-0.25, -0.2) is 5.43 Å². The summed E-state index contributed by atoms with van der Waals surface area (Å²) in [4.78, 5) is 13.2. The van der Waals surface area contributed by atoms with Gasteiger partial charge in [-0.2, -0.15) is 5.10 Å². The molecule has 1 heterocycles. The van der Waals surface area contributed by atoms with Crippen molar-refractivity contribution in [1.82, 2.24) is 5.43 Å². The van der Waals surface area contributed by atoms with Gasteiger partial charge in [0.2, 0.25) is 0 Å². The molecule has 1 amide bonds. The van der Waals surface area contributed by atoms with Gasteiger partial charge in [0.05, 0.1) is 19.9 Å². The first-order valence-electron chi connectivity index (χ1n) is 8.91. The molecule has 0 saturated heterocycles. The molecular weight excluding hydrogens is 372 g/mol. The van der Waals surface area contributed by atoms with Crippen molar-refractivity contribution in [2.24, 2.45) is 5.10 Å². The van der Waals surface area contributed by atoms with E-state index in [1.165, 1.54) is 16.9 Å². The zero-order valence-electron chi connectivity index (χ0n) is 16.1. The largest absolute Gasteiger partial charge is 0.493 e. The maximum atomic E-state index is 12.6. The van der Waals surface area contributed by atoms with E-state index in [-0.39, 0.29) is 5.91 Å². The van der Waals surface area contributed by atoms with E-state index in [0.29, 0.717) is 23.0 Å². The molecule has 0 bridgehead atoms. The Kier molecular flexibility index (Phi) is 6.45. The first kappa shape index (κ1) is 19.6. The number of rotatable bonds is 7. The molecule has 5 nitrogen and oxygen atoms in total. The third-order valence-electron chi connectivity index (χ3n) is 4.10. The monoisotopic (exact) mass is 394 g/mol. The number of methoxy groups -OCH3 is 1. The maximum Gasteiger partial charge on any atom is 0.282 e. The van der Waals surface area contributed by atoms with Gasteiger partial charge < -0.3 is 9.47 Å². The van der Waals surface area contributed by atoms with Crippen molar-refractivity contribution in [1.29, 1.82) is 0 Å². The maximum absolute atomic E-state index is 12.6. The highest BCUT2D eigenvalue weighted by molar-refractivity contribution is 7.12. The molecule has 28 heavy (non-hydrogen) atoms. The fourth-order valence-corrected chi connectivity index (χ4v) is 3.51. The second kappa shape index (κ2) is 9.19. The SMILES string of the molecule is CCOc1cc(/C=N\NC(=O)c2sccc2-c2ccc(C)cc2)ccc1OC. The Balaban J connectivity index is 1.72. The summed E-state index contributed by atoms with van der Waals surface area (Å²) in [6, 6.07) is 15.5. The highest BCUT2D eigenvalue weighted by Gasteiger charge is 2.14. The first-order chi connectivity index (χ1) is 13.6. The van der Waals surface area contributed by atoms with Gasteiger partial charge in [0.1, 0.15) is 4.88 Å². The molecule has 0 fully saturated rings. The molecule has 0 atom stereocenters. The lowest BCUT2D eigenvalue weighted by Crippen LogP contribution is -2.17. The van der Waals surface area contributed by atoms with Gasteiger partial charge in [0.15, 0.2) is 11.5 Å². The predicted molar refractivity (Wildman–Crippen MR) is 114 cm³/mol. The molecule has 3 rings (SSSR count). The average molecular weight is 394 g/mol. The minimum atomic E-state index is -0.236. The molecule has 0 spiro atoms. The van der Waals surface area contributed by atoms with Crippen LogP contribution in [0, 0.1) is 6.92 Å². The van der Waals surface area contributed by atoms with Gasteiger partial charge in [0.25, 0.3) is 5.91 Å². The first-order valence-corrected chi connectivity index (χ1v) is 9.79. The van der Waals surface area contributed by atoms with E-state index in [1.807, 2.05) is 67.8 Å². The molecule has 0 aliphatic heterocycles. The van der Waals surface area contributed by atoms with E-state index in [0.717, 1.165) is 16.7 Å². The van der Waals surface area contributed by atoms with E-state index in [4.69, 9.17) is 9.47 Å². The van der Waals surface area contributed by atoms with E-state index in [9.17, 15) is 4.79 Å². The van der Waals surface area contributed by atoms with Crippen molar-refractivity contribution in [2.45, 2.75) is 13.8 Å². The topological polar surface area (TPSA) is 59.9 Å².